The zero-order chi connectivity index (χ0) is 24.3. The van der Waals surface area contributed by atoms with Crippen molar-refractivity contribution in [2.75, 3.05) is 0 Å². The molecule has 2 heterocycles. The summed E-state index contributed by atoms with van der Waals surface area (Å²) in [5.41, 5.74) is -3.11. The van der Waals surface area contributed by atoms with Crippen LogP contribution in [-0.4, -0.2) is 21.3 Å². The first kappa shape index (κ1) is 22.7. The van der Waals surface area contributed by atoms with Crippen molar-refractivity contribution in [1.82, 2.24) is 9.97 Å². The van der Waals surface area contributed by atoms with E-state index in [0.717, 1.165) is 50.3 Å². The van der Waals surface area contributed by atoms with Crippen molar-refractivity contribution in [3.63, 3.8) is 0 Å². The average molecular weight is 481 g/mol. The molecule has 0 amide bonds. The molecule has 34 heavy (non-hydrogen) atoms. The Labute approximate surface area is 191 Å². The highest BCUT2D eigenvalue weighted by Gasteiger charge is 2.48. The fraction of sp³-hybridized carbons (Fsp3) is 0.417. The van der Waals surface area contributed by atoms with E-state index in [-0.39, 0.29) is 33.9 Å². The second-order valence-corrected chi connectivity index (χ2v) is 8.96. The highest BCUT2D eigenvalue weighted by molar-refractivity contribution is 6.03. The van der Waals surface area contributed by atoms with Gasteiger partial charge in [-0.25, -0.2) is 4.98 Å². The Morgan fingerprint density at radius 1 is 0.941 bits per heavy atom. The van der Waals surface area contributed by atoms with E-state index in [1.54, 1.807) is 0 Å². The first-order valence-electron chi connectivity index (χ1n) is 11.0. The highest BCUT2D eigenvalue weighted by atomic mass is 19.4. The quantitative estimate of drug-likeness (QED) is 0.390. The number of imidazole rings is 1. The van der Waals surface area contributed by atoms with Crippen molar-refractivity contribution in [1.29, 1.82) is 0 Å². The number of hydrogen-bond acceptors (Lipinski definition) is 3. The zero-order valence-electron chi connectivity index (χ0n) is 18.1. The lowest BCUT2D eigenvalue weighted by molar-refractivity contribution is -0.137. The van der Waals surface area contributed by atoms with Gasteiger partial charge in [0.15, 0.2) is 5.82 Å². The monoisotopic (exact) mass is 481 g/mol. The van der Waals surface area contributed by atoms with Crippen LogP contribution in [0.25, 0.3) is 22.2 Å². The van der Waals surface area contributed by atoms with Gasteiger partial charge in [-0.2, -0.15) is 26.3 Å². The minimum Gasteiger partial charge on any atom is -0.388 e. The van der Waals surface area contributed by atoms with E-state index in [4.69, 9.17) is 4.84 Å². The molecular formula is C24H21F6N3O. The van der Waals surface area contributed by atoms with E-state index in [1.165, 1.54) is 18.2 Å². The number of hydrogen-bond donors (Lipinski definition) is 1. The average Bonchev–Trinajstić information content (AvgIpc) is 3.33. The lowest BCUT2D eigenvalue weighted by Crippen LogP contribution is -2.39. The van der Waals surface area contributed by atoms with Gasteiger partial charge in [0.1, 0.15) is 11.3 Å². The Morgan fingerprint density at radius 3 is 2.29 bits per heavy atom. The minimum absolute atomic E-state index is 0.0868. The Morgan fingerprint density at radius 2 is 1.62 bits per heavy atom. The molecule has 1 unspecified atom stereocenters. The summed E-state index contributed by atoms with van der Waals surface area (Å²) >= 11 is 0. The molecule has 1 saturated carbocycles. The van der Waals surface area contributed by atoms with Crippen molar-refractivity contribution in [2.24, 2.45) is 11.1 Å². The van der Waals surface area contributed by atoms with Crippen LogP contribution in [-0.2, 0) is 17.2 Å². The number of benzene rings is 2. The first-order chi connectivity index (χ1) is 16.0. The van der Waals surface area contributed by atoms with Gasteiger partial charge in [0.25, 0.3) is 0 Å². The van der Waals surface area contributed by atoms with E-state index in [2.05, 4.69) is 15.1 Å². The maximum atomic E-state index is 14.0. The number of H-pyrrole nitrogens is 1. The van der Waals surface area contributed by atoms with Crippen LogP contribution in [0.15, 0.2) is 41.6 Å². The number of aromatic amines is 1. The van der Waals surface area contributed by atoms with Crippen molar-refractivity contribution < 1.29 is 31.2 Å². The predicted octanol–water partition coefficient (Wildman–Crippen LogP) is 7.34. The van der Waals surface area contributed by atoms with Crippen molar-refractivity contribution >= 4 is 16.7 Å². The lowest BCUT2D eigenvalue weighted by atomic mass is 9.75. The molecule has 0 radical (unpaired) electrons. The molecule has 1 fully saturated rings. The lowest BCUT2D eigenvalue weighted by Gasteiger charge is -2.34. The van der Waals surface area contributed by atoms with Crippen molar-refractivity contribution in [3.05, 3.63) is 53.3 Å². The molecular weight excluding hydrogens is 460 g/mol. The third kappa shape index (κ3) is 3.73. The van der Waals surface area contributed by atoms with Gasteiger partial charge in [-0.1, -0.05) is 36.7 Å². The second kappa shape index (κ2) is 7.74. The molecule has 1 atom stereocenters. The molecule has 1 aromatic heterocycles. The van der Waals surface area contributed by atoms with Crippen LogP contribution in [0.5, 0.6) is 0 Å². The molecule has 1 spiro atoms. The van der Waals surface area contributed by atoms with Crippen LogP contribution in [0, 0.1) is 5.92 Å². The molecule has 0 bridgehead atoms. The largest absolute Gasteiger partial charge is 0.418 e. The van der Waals surface area contributed by atoms with Gasteiger partial charge in [0.05, 0.1) is 22.2 Å². The van der Waals surface area contributed by atoms with E-state index in [0.29, 0.717) is 5.71 Å². The maximum absolute atomic E-state index is 14.0. The molecule has 2 aromatic carbocycles. The van der Waals surface area contributed by atoms with E-state index in [1.807, 2.05) is 6.92 Å². The van der Waals surface area contributed by atoms with Crippen LogP contribution in [0.1, 0.15) is 56.0 Å². The summed E-state index contributed by atoms with van der Waals surface area (Å²) in [5, 5.41) is 4.17. The SMILES string of the molecule is CC1C(c2nc3cc(-c4ccccc4C(F)(F)F)cc(C(F)(F)F)c3[nH]2)=NOC12CCCCC2. The number of rotatable bonds is 2. The van der Waals surface area contributed by atoms with Crippen LogP contribution >= 0.6 is 0 Å². The molecule has 10 heteroatoms. The van der Waals surface area contributed by atoms with Gasteiger partial charge in [0.2, 0.25) is 0 Å². The second-order valence-electron chi connectivity index (χ2n) is 8.96. The normalized spacial score (nSPS) is 20.6. The maximum Gasteiger partial charge on any atom is 0.418 e. The van der Waals surface area contributed by atoms with Gasteiger partial charge in [-0.15, -0.1) is 0 Å². The number of aromatic nitrogens is 2. The first-order valence-corrected chi connectivity index (χ1v) is 11.0. The predicted molar refractivity (Wildman–Crippen MR) is 114 cm³/mol. The Balaban J connectivity index is 1.64. The number of nitrogens with zero attached hydrogens (tertiary/aromatic N) is 2. The van der Waals surface area contributed by atoms with E-state index >= 15 is 0 Å². The fourth-order valence-corrected chi connectivity index (χ4v) is 5.07. The van der Waals surface area contributed by atoms with Gasteiger partial charge in [-0.05, 0) is 55.0 Å². The zero-order valence-corrected chi connectivity index (χ0v) is 18.1. The van der Waals surface area contributed by atoms with Crippen molar-refractivity contribution in [2.45, 2.75) is 57.0 Å². The molecule has 2 aliphatic rings. The van der Waals surface area contributed by atoms with Crippen LogP contribution in [0.3, 0.4) is 0 Å². The van der Waals surface area contributed by atoms with Gasteiger partial charge in [-0.3, -0.25) is 0 Å². The molecule has 3 aromatic rings. The van der Waals surface area contributed by atoms with Crippen LogP contribution < -0.4 is 0 Å². The number of oxime groups is 1. The number of fused-ring (bicyclic) bond motifs is 1. The molecule has 1 N–H and O–H groups in total. The summed E-state index contributed by atoms with van der Waals surface area (Å²) in [6, 6.07) is 6.53. The number of halogens is 6. The highest BCUT2D eigenvalue weighted by Crippen LogP contribution is 2.44. The van der Waals surface area contributed by atoms with Gasteiger partial charge < -0.3 is 9.82 Å². The molecule has 0 saturated heterocycles. The number of nitrogens with one attached hydrogen (secondary N) is 1. The smallest absolute Gasteiger partial charge is 0.388 e. The summed E-state index contributed by atoms with van der Waals surface area (Å²) in [4.78, 5) is 12.8. The van der Waals surface area contributed by atoms with E-state index < -0.39 is 29.1 Å². The minimum atomic E-state index is -4.81. The summed E-state index contributed by atoms with van der Waals surface area (Å²) < 4.78 is 82.5. The van der Waals surface area contributed by atoms with Gasteiger partial charge >= 0.3 is 12.4 Å². The van der Waals surface area contributed by atoms with Crippen LogP contribution in [0.4, 0.5) is 26.3 Å². The molecule has 1 aliphatic carbocycles. The summed E-state index contributed by atoms with van der Waals surface area (Å²) in [6.45, 7) is 1.92. The summed E-state index contributed by atoms with van der Waals surface area (Å²) in [5.74, 6) is -0.0511. The van der Waals surface area contributed by atoms with Crippen LogP contribution in [0.2, 0.25) is 0 Å². The van der Waals surface area contributed by atoms with E-state index in [9.17, 15) is 26.3 Å². The molecule has 4 nitrogen and oxygen atoms in total. The summed E-state index contributed by atoms with van der Waals surface area (Å²) in [6.07, 6.45) is -4.88. The standard InChI is InChI=1S/C24H21F6N3O/c1-13-19(33-34-22(13)9-5-2-6-10-22)21-31-18-12-14(11-17(20(18)32-21)24(28,29)30)15-7-3-4-8-16(15)23(25,26)27/h3-4,7-8,11-13H,2,5-6,9-10H2,1H3,(H,31,32). The Bertz CT molecular complexity index is 1270. The van der Waals surface area contributed by atoms with Gasteiger partial charge in [0, 0.05) is 5.92 Å². The fourth-order valence-electron chi connectivity index (χ4n) is 5.07. The molecule has 180 valence electrons. The van der Waals surface area contributed by atoms with Crippen molar-refractivity contribution in [3.8, 4) is 11.1 Å². The Hall–Kier alpha value is -3.04. The molecule has 1 aliphatic heterocycles. The summed E-state index contributed by atoms with van der Waals surface area (Å²) in [7, 11) is 0. The topological polar surface area (TPSA) is 50.3 Å². The Kier molecular flexibility index (Phi) is 5.18. The third-order valence-electron chi connectivity index (χ3n) is 6.91. The number of alkyl halides is 6. The third-order valence-corrected chi connectivity index (χ3v) is 6.91. The molecule has 5 rings (SSSR count).